The molecule has 0 fully saturated rings. The molecule has 2 unspecified atom stereocenters. The minimum Gasteiger partial charge on any atom is -0.130 e. The highest BCUT2D eigenvalue weighted by Crippen LogP contribution is 2.50. The lowest BCUT2D eigenvalue weighted by atomic mass is 9.65. The van der Waals surface area contributed by atoms with Crippen LogP contribution in [-0.2, 0) is 6.42 Å². The first-order valence-electron chi connectivity index (χ1n) is 10.0. The summed E-state index contributed by atoms with van der Waals surface area (Å²) in [6.07, 6.45) is 15.2. The summed E-state index contributed by atoms with van der Waals surface area (Å²) < 4.78 is 0. The molecule has 0 N–H and O–H groups in total. The summed E-state index contributed by atoms with van der Waals surface area (Å²) in [4.78, 5) is 0. The second-order valence-electron chi connectivity index (χ2n) is 7.40. The van der Waals surface area contributed by atoms with Gasteiger partial charge in [-0.25, -0.2) is 0 Å². The molecule has 0 aliphatic rings. The lowest BCUT2D eigenvalue weighted by molar-refractivity contribution is 0.221. The van der Waals surface area contributed by atoms with E-state index < -0.39 is 0 Å². The van der Waals surface area contributed by atoms with E-state index in [2.05, 4.69) is 73.0 Å². The van der Waals surface area contributed by atoms with Crippen LogP contribution >= 0.6 is 9.24 Å². The Morgan fingerprint density at radius 3 is 2.04 bits per heavy atom. The molecule has 0 heterocycles. The fraction of sp³-hybridized carbons (Fsp3) is 0.652. The van der Waals surface area contributed by atoms with Crippen LogP contribution < -0.4 is 0 Å². The van der Waals surface area contributed by atoms with E-state index in [0.717, 1.165) is 6.42 Å². The molecule has 0 spiro atoms. The van der Waals surface area contributed by atoms with Gasteiger partial charge in [-0.2, -0.15) is 0 Å². The zero-order chi connectivity index (χ0) is 17.9. The van der Waals surface area contributed by atoms with Crippen LogP contribution in [0, 0.1) is 5.41 Å². The molecule has 2 atom stereocenters. The second kappa shape index (κ2) is 11.1. The van der Waals surface area contributed by atoms with Gasteiger partial charge in [0.15, 0.2) is 0 Å². The number of benzene rings is 1. The monoisotopic (exact) mass is 346 g/mol. The summed E-state index contributed by atoms with van der Waals surface area (Å²) >= 11 is 0. The molecule has 1 aromatic carbocycles. The summed E-state index contributed by atoms with van der Waals surface area (Å²) in [6.45, 7) is 11.3. The first kappa shape index (κ1) is 21.4. The summed E-state index contributed by atoms with van der Waals surface area (Å²) in [5, 5.41) is 0.244. The van der Waals surface area contributed by atoms with Crippen molar-refractivity contribution in [2.24, 2.45) is 5.41 Å². The first-order valence-corrected chi connectivity index (χ1v) is 10.6. The van der Waals surface area contributed by atoms with Crippen LogP contribution in [0.25, 0.3) is 0 Å². The Labute approximate surface area is 153 Å². The normalized spacial score (nSPS) is 14.3. The minimum absolute atomic E-state index is 0.174. The summed E-state index contributed by atoms with van der Waals surface area (Å²) in [5.41, 5.74) is 1.62. The third-order valence-electron chi connectivity index (χ3n) is 5.98. The van der Waals surface area contributed by atoms with E-state index >= 15 is 0 Å². The van der Waals surface area contributed by atoms with Gasteiger partial charge in [-0.1, -0.05) is 95.7 Å². The summed E-state index contributed by atoms with van der Waals surface area (Å²) in [6, 6.07) is 11.0. The van der Waals surface area contributed by atoms with Crippen LogP contribution in [0.3, 0.4) is 0 Å². The zero-order valence-corrected chi connectivity index (χ0v) is 17.5. The van der Waals surface area contributed by atoms with Gasteiger partial charge in [-0.3, -0.25) is 0 Å². The van der Waals surface area contributed by atoms with Gasteiger partial charge in [0.05, 0.1) is 0 Å². The van der Waals surface area contributed by atoms with Gasteiger partial charge in [-0.15, -0.1) is 15.8 Å². The topological polar surface area (TPSA) is 0 Å². The molecule has 24 heavy (non-hydrogen) atoms. The SMILES string of the molecule is C=CC(CCCCCCCC)(Cc1ccccc1)C(P)(CC)CC. The van der Waals surface area contributed by atoms with Crippen LogP contribution in [0.2, 0.25) is 0 Å². The smallest absolute Gasteiger partial charge is 0.000993 e. The average Bonchev–Trinajstić information content (AvgIpc) is 2.63. The molecule has 0 saturated carbocycles. The van der Waals surface area contributed by atoms with Crippen LogP contribution in [0.15, 0.2) is 43.0 Å². The van der Waals surface area contributed by atoms with Gasteiger partial charge in [0.1, 0.15) is 0 Å². The maximum atomic E-state index is 4.31. The largest absolute Gasteiger partial charge is 0.130 e. The lowest BCUT2D eigenvalue weighted by Gasteiger charge is -2.47. The van der Waals surface area contributed by atoms with Crippen LogP contribution in [0.5, 0.6) is 0 Å². The number of hydrogen-bond acceptors (Lipinski definition) is 0. The van der Waals surface area contributed by atoms with E-state index in [9.17, 15) is 0 Å². The van der Waals surface area contributed by atoms with Gasteiger partial charge in [0.25, 0.3) is 0 Å². The Morgan fingerprint density at radius 1 is 0.917 bits per heavy atom. The fourth-order valence-electron chi connectivity index (χ4n) is 4.03. The van der Waals surface area contributed by atoms with Crippen molar-refractivity contribution in [3.63, 3.8) is 0 Å². The highest BCUT2D eigenvalue weighted by Gasteiger charge is 2.43. The van der Waals surface area contributed by atoms with Crippen molar-refractivity contribution in [2.75, 3.05) is 0 Å². The van der Waals surface area contributed by atoms with Crippen molar-refractivity contribution in [1.82, 2.24) is 0 Å². The van der Waals surface area contributed by atoms with Crippen molar-refractivity contribution in [1.29, 1.82) is 0 Å². The third-order valence-corrected chi connectivity index (χ3v) is 7.37. The molecule has 0 nitrogen and oxygen atoms in total. The zero-order valence-electron chi connectivity index (χ0n) is 16.3. The van der Waals surface area contributed by atoms with Crippen molar-refractivity contribution < 1.29 is 0 Å². The Morgan fingerprint density at radius 2 is 1.50 bits per heavy atom. The maximum Gasteiger partial charge on any atom is 0.000993 e. The second-order valence-corrected chi connectivity index (χ2v) is 8.51. The molecule has 0 bridgehead atoms. The van der Waals surface area contributed by atoms with E-state index in [-0.39, 0.29) is 10.6 Å². The van der Waals surface area contributed by atoms with E-state index in [4.69, 9.17) is 0 Å². The van der Waals surface area contributed by atoms with E-state index in [0.29, 0.717) is 0 Å². The highest BCUT2D eigenvalue weighted by atomic mass is 31.0. The summed E-state index contributed by atoms with van der Waals surface area (Å²) in [7, 11) is 3.22. The van der Waals surface area contributed by atoms with E-state index in [1.165, 1.54) is 63.4 Å². The first-order chi connectivity index (χ1) is 11.6. The van der Waals surface area contributed by atoms with Gasteiger partial charge in [0.2, 0.25) is 0 Å². The van der Waals surface area contributed by atoms with Crippen molar-refractivity contribution in [3.05, 3.63) is 48.6 Å². The molecule has 0 aliphatic heterocycles. The Kier molecular flexibility index (Phi) is 9.91. The van der Waals surface area contributed by atoms with Crippen molar-refractivity contribution >= 4 is 9.24 Å². The lowest BCUT2D eigenvalue weighted by Crippen LogP contribution is -2.43. The van der Waals surface area contributed by atoms with Gasteiger partial charge < -0.3 is 0 Å². The standard InChI is InChI=1S/C23H39P/c1-5-9-10-11-12-16-19-22(6-2,23(24,7-3)8-4)20-21-17-14-13-15-18-21/h6,13-15,17-18H,2,5,7-12,16,19-20,24H2,1,3-4H3. The van der Waals surface area contributed by atoms with Gasteiger partial charge >= 0.3 is 0 Å². The molecule has 0 radical (unpaired) electrons. The number of unbranched alkanes of at least 4 members (excludes halogenated alkanes) is 5. The molecule has 0 amide bonds. The third kappa shape index (κ3) is 5.73. The molecule has 1 heteroatoms. The van der Waals surface area contributed by atoms with Crippen LogP contribution in [-0.4, -0.2) is 5.16 Å². The Bertz CT molecular complexity index is 446. The molecule has 136 valence electrons. The minimum atomic E-state index is 0.174. The van der Waals surface area contributed by atoms with Gasteiger partial charge in [-0.05, 0) is 36.4 Å². The fourth-order valence-corrected chi connectivity index (χ4v) is 4.39. The molecule has 0 aromatic heterocycles. The molecular formula is C23H39P. The molecular weight excluding hydrogens is 307 g/mol. The number of rotatable bonds is 13. The van der Waals surface area contributed by atoms with E-state index in [1.54, 1.807) is 0 Å². The maximum absolute atomic E-state index is 4.31. The van der Waals surface area contributed by atoms with Gasteiger partial charge in [0, 0.05) is 5.41 Å². The van der Waals surface area contributed by atoms with Crippen molar-refractivity contribution in [3.8, 4) is 0 Å². The molecule has 1 rings (SSSR count). The van der Waals surface area contributed by atoms with Crippen molar-refractivity contribution in [2.45, 2.75) is 90.1 Å². The van der Waals surface area contributed by atoms with E-state index in [1.807, 2.05) is 0 Å². The quantitative estimate of drug-likeness (QED) is 0.196. The predicted molar refractivity (Wildman–Crippen MR) is 114 cm³/mol. The Balaban J connectivity index is 2.86. The molecule has 0 saturated heterocycles. The highest BCUT2D eigenvalue weighted by molar-refractivity contribution is 7.19. The Hall–Kier alpha value is -0.610. The molecule has 1 aromatic rings. The van der Waals surface area contributed by atoms with Crippen LogP contribution in [0.4, 0.5) is 0 Å². The molecule has 0 aliphatic carbocycles. The number of allylic oxidation sites excluding steroid dienone is 1. The van der Waals surface area contributed by atoms with Crippen LogP contribution in [0.1, 0.15) is 84.1 Å². The average molecular weight is 347 g/mol. The number of hydrogen-bond donors (Lipinski definition) is 0. The predicted octanol–water partition coefficient (Wildman–Crippen LogP) is 7.59. The summed E-state index contributed by atoms with van der Waals surface area (Å²) in [5.74, 6) is 0.